The van der Waals surface area contributed by atoms with Crippen molar-refractivity contribution in [2.75, 3.05) is 26.2 Å². The maximum Gasteiger partial charge on any atom is 0.317 e. The Labute approximate surface area is 144 Å². The van der Waals surface area contributed by atoms with Crippen LogP contribution in [0.15, 0.2) is 10.9 Å². The van der Waals surface area contributed by atoms with Gasteiger partial charge in [0.05, 0.1) is 6.54 Å². The fourth-order valence-electron chi connectivity index (χ4n) is 3.55. The molecule has 24 heavy (non-hydrogen) atoms. The summed E-state index contributed by atoms with van der Waals surface area (Å²) in [6.45, 7) is 12.1. The number of nitrogens with one attached hydrogen (secondary N) is 2. The number of piperidine rings is 1. The van der Waals surface area contributed by atoms with Crippen molar-refractivity contribution in [2.24, 2.45) is 0 Å². The number of likely N-dealkylation sites (tertiary alicyclic amines) is 1. The lowest BCUT2D eigenvalue weighted by Gasteiger charge is -2.37. The van der Waals surface area contributed by atoms with Crippen molar-refractivity contribution in [2.45, 2.75) is 53.1 Å². The number of rotatable bonds is 5. The van der Waals surface area contributed by atoms with E-state index in [1.54, 1.807) is 0 Å². The Hall–Kier alpha value is -1.82. The number of aromatic nitrogens is 1. The van der Waals surface area contributed by atoms with Crippen LogP contribution in [0.4, 0.5) is 4.79 Å². The van der Waals surface area contributed by atoms with Crippen LogP contribution < -0.4 is 10.9 Å². The second-order valence-electron chi connectivity index (χ2n) is 6.54. The van der Waals surface area contributed by atoms with Crippen molar-refractivity contribution < 1.29 is 4.79 Å². The van der Waals surface area contributed by atoms with Gasteiger partial charge in [0.1, 0.15) is 0 Å². The van der Waals surface area contributed by atoms with Gasteiger partial charge in [-0.15, -0.1) is 0 Å². The zero-order chi connectivity index (χ0) is 17.7. The van der Waals surface area contributed by atoms with Gasteiger partial charge in [-0.05, 0) is 51.4 Å². The van der Waals surface area contributed by atoms with Gasteiger partial charge in [0.15, 0.2) is 0 Å². The lowest BCUT2D eigenvalue weighted by atomic mass is 10.0. The Morgan fingerprint density at radius 3 is 2.46 bits per heavy atom. The molecule has 134 valence electrons. The number of urea groups is 1. The summed E-state index contributed by atoms with van der Waals surface area (Å²) >= 11 is 0. The average Bonchev–Trinajstić information content (AvgIpc) is 2.55. The number of aryl methyl sites for hydroxylation is 2. The summed E-state index contributed by atoms with van der Waals surface area (Å²) in [7, 11) is 0. The SMILES string of the molecule is CCN(CC)C1CCN(C(=O)NCc2c(C)cc(C)[nH]c2=O)CC1. The molecule has 0 unspecified atom stereocenters. The van der Waals surface area contributed by atoms with E-state index < -0.39 is 0 Å². The molecule has 1 aromatic heterocycles. The monoisotopic (exact) mass is 334 g/mol. The van der Waals surface area contributed by atoms with E-state index in [9.17, 15) is 9.59 Å². The first kappa shape index (κ1) is 18.5. The average molecular weight is 334 g/mol. The van der Waals surface area contributed by atoms with Crippen LogP contribution >= 0.6 is 0 Å². The van der Waals surface area contributed by atoms with Crippen molar-refractivity contribution in [1.29, 1.82) is 0 Å². The highest BCUT2D eigenvalue weighted by Gasteiger charge is 2.25. The third-order valence-corrected chi connectivity index (χ3v) is 4.99. The van der Waals surface area contributed by atoms with Gasteiger partial charge in [0.2, 0.25) is 0 Å². The van der Waals surface area contributed by atoms with E-state index >= 15 is 0 Å². The first-order valence-electron chi connectivity index (χ1n) is 8.92. The molecule has 1 fully saturated rings. The highest BCUT2D eigenvalue weighted by atomic mass is 16.2. The van der Waals surface area contributed by atoms with Crippen LogP contribution in [0.3, 0.4) is 0 Å². The van der Waals surface area contributed by atoms with Crippen molar-refractivity contribution in [3.05, 3.63) is 33.2 Å². The predicted molar refractivity (Wildman–Crippen MR) is 96.3 cm³/mol. The van der Waals surface area contributed by atoms with E-state index in [4.69, 9.17) is 0 Å². The quantitative estimate of drug-likeness (QED) is 0.865. The molecular weight excluding hydrogens is 304 g/mol. The van der Waals surface area contributed by atoms with Gasteiger partial charge in [0, 0.05) is 30.4 Å². The van der Waals surface area contributed by atoms with E-state index in [2.05, 4.69) is 29.0 Å². The minimum atomic E-state index is -0.118. The summed E-state index contributed by atoms with van der Waals surface area (Å²) in [5.41, 5.74) is 2.27. The second kappa shape index (κ2) is 8.33. The van der Waals surface area contributed by atoms with Gasteiger partial charge in [-0.25, -0.2) is 4.79 Å². The molecule has 2 heterocycles. The van der Waals surface area contributed by atoms with E-state index in [1.807, 2.05) is 24.8 Å². The number of hydrogen-bond donors (Lipinski definition) is 2. The Morgan fingerprint density at radius 2 is 1.92 bits per heavy atom. The number of H-pyrrole nitrogens is 1. The third kappa shape index (κ3) is 4.38. The van der Waals surface area contributed by atoms with E-state index in [0.29, 0.717) is 11.6 Å². The Kier molecular flexibility index (Phi) is 6.43. The molecule has 1 aromatic rings. The Bertz CT molecular complexity index is 614. The number of aromatic amines is 1. The number of hydrogen-bond acceptors (Lipinski definition) is 3. The maximum absolute atomic E-state index is 12.4. The zero-order valence-electron chi connectivity index (χ0n) is 15.3. The van der Waals surface area contributed by atoms with Crippen LogP contribution in [-0.4, -0.2) is 53.0 Å². The highest BCUT2D eigenvalue weighted by molar-refractivity contribution is 5.74. The molecule has 2 rings (SSSR count). The molecule has 2 amide bonds. The molecule has 0 spiro atoms. The van der Waals surface area contributed by atoms with Crippen LogP contribution in [-0.2, 0) is 6.54 Å². The first-order chi connectivity index (χ1) is 11.5. The maximum atomic E-state index is 12.4. The lowest BCUT2D eigenvalue weighted by Crippen LogP contribution is -2.49. The number of pyridine rings is 1. The van der Waals surface area contributed by atoms with Crippen LogP contribution in [0.5, 0.6) is 0 Å². The van der Waals surface area contributed by atoms with Gasteiger partial charge in [-0.2, -0.15) is 0 Å². The fourth-order valence-corrected chi connectivity index (χ4v) is 3.55. The largest absolute Gasteiger partial charge is 0.334 e. The molecule has 2 N–H and O–H groups in total. The standard InChI is InChI=1S/C18H30N4O2/c1-5-21(6-2)15-7-9-22(10-8-15)18(24)19-12-16-13(3)11-14(4)20-17(16)23/h11,15H,5-10,12H2,1-4H3,(H,19,24)(H,20,23). The molecule has 0 aliphatic carbocycles. The number of carbonyl (C=O) groups is 1. The zero-order valence-corrected chi connectivity index (χ0v) is 15.3. The molecule has 6 heteroatoms. The normalized spacial score (nSPS) is 15.8. The molecule has 1 aliphatic rings. The van der Waals surface area contributed by atoms with Gasteiger partial charge < -0.3 is 20.1 Å². The molecule has 0 bridgehead atoms. The molecular formula is C18H30N4O2. The number of nitrogens with zero attached hydrogens (tertiary/aromatic N) is 2. The second-order valence-corrected chi connectivity index (χ2v) is 6.54. The van der Waals surface area contributed by atoms with Gasteiger partial charge in [-0.1, -0.05) is 13.8 Å². The number of carbonyl (C=O) groups excluding carboxylic acids is 1. The van der Waals surface area contributed by atoms with Gasteiger partial charge in [0.25, 0.3) is 5.56 Å². The fraction of sp³-hybridized carbons (Fsp3) is 0.667. The third-order valence-electron chi connectivity index (χ3n) is 4.99. The van der Waals surface area contributed by atoms with Gasteiger partial charge in [-0.3, -0.25) is 4.79 Å². The summed E-state index contributed by atoms with van der Waals surface area (Å²) in [5, 5.41) is 2.90. The summed E-state index contributed by atoms with van der Waals surface area (Å²) in [6, 6.07) is 2.43. The highest BCUT2D eigenvalue weighted by Crippen LogP contribution is 2.16. The molecule has 6 nitrogen and oxygen atoms in total. The minimum absolute atomic E-state index is 0.0765. The van der Waals surface area contributed by atoms with E-state index in [1.165, 1.54) is 0 Å². The van der Waals surface area contributed by atoms with Crippen molar-refractivity contribution in [1.82, 2.24) is 20.1 Å². The molecule has 0 radical (unpaired) electrons. The van der Waals surface area contributed by atoms with Crippen LogP contribution in [0.1, 0.15) is 43.5 Å². The Balaban J connectivity index is 1.88. The smallest absolute Gasteiger partial charge is 0.317 e. The topological polar surface area (TPSA) is 68.4 Å². The summed E-state index contributed by atoms with van der Waals surface area (Å²) in [4.78, 5) is 31.5. The van der Waals surface area contributed by atoms with E-state index in [-0.39, 0.29) is 18.1 Å². The van der Waals surface area contributed by atoms with Crippen LogP contribution in [0.25, 0.3) is 0 Å². The molecule has 1 saturated heterocycles. The van der Waals surface area contributed by atoms with Crippen LogP contribution in [0.2, 0.25) is 0 Å². The van der Waals surface area contributed by atoms with Gasteiger partial charge >= 0.3 is 6.03 Å². The first-order valence-corrected chi connectivity index (χ1v) is 8.92. The molecule has 0 atom stereocenters. The predicted octanol–water partition coefficient (Wildman–Crippen LogP) is 2.01. The molecule has 0 saturated carbocycles. The van der Waals surface area contributed by atoms with Crippen molar-refractivity contribution in [3.8, 4) is 0 Å². The van der Waals surface area contributed by atoms with Crippen LogP contribution in [0, 0.1) is 13.8 Å². The molecule has 1 aliphatic heterocycles. The summed E-state index contributed by atoms with van der Waals surface area (Å²) < 4.78 is 0. The van der Waals surface area contributed by atoms with Crippen molar-refractivity contribution >= 4 is 6.03 Å². The summed E-state index contributed by atoms with van der Waals surface area (Å²) in [6.07, 6.45) is 2.03. The minimum Gasteiger partial charge on any atom is -0.334 e. The number of amides is 2. The lowest BCUT2D eigenvalue weighted by molar-refractivity contribution is 0.124. The summed E-state index contributed by atoms with van der Waals surface area (Å²) in [5.74, 6) is 0. The molecule has 0 aromatic carbocycles. The van der Waals surface area contributed by atoms with Crippen molar-refractivity contribution in [3.63, 3.8) is 0 Å². The Morgan fingerprint density at radius 1 is 1.29 bits per heavy atom. The van der Waals surface area contributed by atoms with E-state index in [0.717, 1.165) is 50.3 Å².